The minimum absolute atomic E-state index is 0.160. The molecule has 1 aromatic carbocycles. The van der Waals surface area contributed by atoms with Gasteiger partial charge in [0.1, 0.15) is 6.61 Å². The number of hydrogen-bond acceptors (Lipinski definition) is 3. The first kappa shape index (κ1) is 15.9. The number of rotatable bonds is 7. The topological polar surface area (TPSA) is 87.1 Å². The molecule has 1 rings (SSSR count). The molecule has 0 fully saturated rings. The van der Waals surface area contributed by atoms with Crippen LogP contribution in [0.2, 0.25) is 0 Å². The highest BCUT2D eigenvalue weighted by Gasteiger charge is 2.15. The van der Waals surface area contributed by atoms with Crippen molar-refractivity contribution in [3.63, 3.8) is 0 Å². The zero-order valence-corrected chi connectivity index (χ0v) is 11.6. The maximum atomic E-state index is 11.3. The van der Waals surface area contributed by atoms with Gasteiger partial charge in [-0.3, -0.25) is 14.2 Å². The van der Waals surface area contributed by atoms with E-state index >= 15 is 0 Å². The average Bonchev–Trinajstić information content (AvgIpc) is 2.33. The lowest BCUT2D eigenvalue weighted by molar-refractivity contribution is -0.189. The second kappa shape index (κ2) is 7.40. The van der Waals surface area contributed by atoms with Crippen molar-refractivity contribution in [2.24, 2.45) is 0 Å². The molecule has 0 unspecified atom stereocenters. The Kier molecular flexibility index (Phi) is 6.18. The Morgan fingerprint density at radius 3 is 2.47 bits per heavy atom. The van der Waals surface area contributed by atoms with Crippen molar-refractivity contribution in [1.29, 1.82) is 0 Å². The Bertz CT molecular complexity index is 445. The molecule has 0 radical (unpaired) electrons. The van der Waals surface area contributed by atoms with Crippen molar-refractivity contribution < 1.29 is 24.0 Å². The Morgan fingerprint density at radius 2 is 1.95 bits per heavy atom. The van der Waals surface area contributed by atoms with Crippen LogP contribution in [0.25, 0.3) is 0 Å². The molecule has 0 spiro atoms. The smallest absolute Gasteiger partial charge is 0.324 e. The van der Waals surface area contributed by atoms with Gasteiger partial charge in [0.05, 0.1) is 6.16 Å². The van der Waals surface area contributed by atoms with E-state index < -0.39 is 7.60 Å². The molecule has 0 aromatic heterocycles. The van der Waals surface area contributed by atoms with Gasteiger partial charge in [0.25, 0.3) is 0 Å². The number of carbonyl (C=O) groups excluding carboxylic acids is 1. The fourth-order valence-corrected chi connectivity index (χ4v) is 2.01. The van der Waals surface area contributed by atoms with Gasteiger partial charge in [-0.05, 0) is 12.0 Å². The summed E-state index contributed by atoms with van der Waals surface area (Å²) in [5.74, 6) is -0.290. The first-order chi connectivity index (χ1) is 8.88. The summed E-state index contributed by atoms with van der Waals surface area (Å²) in [5, 5.41) is 1.13. The highest BCUT2D eigenvalue weighted by atomic mass is 31.2. The lowest BCUT2D eigenvalue weighted by Crippen LogP contribution is -2.30. The number of carbonyl (C=O) groups is 1. The van der Waals surface area contributed by atoms with Crippen LogP contribution in [0.3, 0.4) is 0 Å². The van der Waals surface area contributed by atoms with Gasteiger partial charge in [-0.25, -0.2) is 5.06 Å². The maximum Gasteiger partial charge on any atom is 0.325 e. The van der Waals surface area contributed by atoms with E-state index in [0.717, 1.165) is 10.6 Å². The summed E-state index contributed by atoms with van der Waals surface area (Å²) in [6.07, 6.45) is -0.0654. The fraction of sp³-hybridized carbons (Fsp3) is 0.417. The number of amides is 1. The molecule has 19 heavy (non-hydrogen) atoms. The van der Waals surface area contributed by atoms with E-state index in [-0.39, 0.29) is 31.6 Å². The highest BCUT2D eigenvalue weighted by molar-refractivity contribution is 7.51. The van der Waals surface area contributed by atoms with E-state index in [4.69, 9.17) is 14.6 Å². The molecule has 0 bridgehead atoms. The molecule has 0 heterocycles. The molecular weight excluding hydrogens is 269 g/mol. The van der Waals surface area contributed by atoms with E-state index in [0.29, 0.717) is 0 Å². The lowest BCUT2D eigenvalue weighted by atomic mass is 10.2. The molecule has 7 heteroatoms. The molecule has 106 valence electrons. The van der Waals surface area contributed by atoms with Gasteiger partial charge in [0.15, 0.2) is 0 Å². The van der Waals surface area contributed by atoms with E-state index in [1.165, 1.54) is 6.92 Å². The number of hydrogen-bond donors (Lipinski definition) is 2. The SMILES string of the molecule is CC(=O)N(CCCP(=O)(O)O)OCc1ccccc1. The molecule has 1 aromatic rings. The van der Waals surface area contributed by atoms with Crippen LogP contribution in [0.4, 0.5) is 0 Å². The van der Waals surface area contributed by atoms with E-state index in [1.54, 1.807) is 0 Å². The fourth-order valence-electron chi connectivity index (χ4n) is 1.46. The second-order valence-electron chi connectivity index (χ2n) is 4.12. The average molecular weight is 287 g/mol. The minimum atomic E-state index is -4.02. The summed E-state index contributed by atoms with van der Waals surface area (Å²) in [6.45, 7) is 1.76. The van der Waals surface area contributed by atoms with Crippen LogP contribution in [0.5, 0.6) is 0 Å². The van der Waals surface area contributed by atoms with Crippen LogP contribution >= 0.6 is 7.60 Å². The van der Waals surface area contributed by atoms with Gasteiger partial charge in [-0.2, -0.15) is 0 Å². The van der Waals surface area contributed by atoms with Gasteiger partial charge >= 0.3 is 7.60 Å². The number of nitrogens with zero attached hydrogens (tertiary/aromatic N) is 1. The number of hydroxylamine groups is 2. The molecule has 1 amide bonds. The summed E-state index contributed by atoms with van der Waals surface area (Å²) in [6, 6.07) is 9.35. The zero-order valence-electron chi connectivity index (χ0n) is 10.7. The van der Waals surface area contributed by atoms with Crippen molar-refractivity contribution >= 4 is 13.5 Å². The van der Waals surface area contributed by atoms with Gasteiger partial charge in [-0.1, -0.05) is 30.3 Å². The lowest BCUT2D eigenvalue weighted by Gasteiger charge is -2.20. The molecular formula is C12H18NO5P. The van der Waals surface area contributed by atoms with Crippen molar-refractivity contribution in [2.45, 2.75) is 20.0 Å². The Hall–Kier alpha value is -1.20. The van der Waals surface area contributed by atoms with Crippen molar-refractivity contribution in [3.8, 4) is 0 Å². The van der Waals surface area contributed by atoms with Crippen LogP contribution in [0.1, 0.15) is 18.9 Å². The largest absolute Gasteiger partial charge is 0.325 e. The van der Waals surface area contributed by atoms with Crippen LogP contribution < -0.4 is 0 Å². The molecule has 0 saturated heterocycles. The van der Waals surface area contributed by atoms with Gasteiger partial charge in [0.2, 0.25) is 5.91 Å². The molecule has 0 aliphatic carbocycles. The Balaban J connectivity index is 2.41. The molecule has 6 nitrogen and oxygen atoms in total. The highest BCUT2D eigenvalue weighted by Crippen LogP contribution is 2.34. The minimum Gasteiger partial charge on any atom is -0.324 e. The Labute approximate surface area is 112 Å². The van der Waals surface area contributed by atoms with Gasteiger partial charge in [0, 0.05) is 13.5 Å². The quantitative estimate of drug-likeness (QED) is 0.586. The van der Waals surface area contributed by atoms with Crippen LogP contribution in [0, 0.1) is 0 Å². The molecule has 0 aliphatic rings. The van der Waals surface area contributed by atoms with E-state index in [9.17, 15) is 9.36 Å². The predicted molar refractivity (Wildman–Crippen MR) is 70.1 cm³/mol. The zero-order chi connectivity index (χ0) is 14.3. The van der Waals surface area contributed by atoms with Crippen LogP contribution in [0.15, 0.2) is 30.3 Å². The Morgan fingerprint density at radius 1 is 1.32 bits per heavy atom. The second-order valence-corrected chi connectivity index (χ2v) is 5.90. The summed E-state index contributed by atoms with van der Waals surface area (Å²) in [7, 11) is -4.02. The van der Waals surface area contributed by atoms with Crippen LogP contribution in [-0.4, -0.2) is 33.5 Å². The normalized spacial score (nSPS) is 11.3. The predicted octanol–water partition coefficient (Wildman–Crippen LogP) is 1.53. The molecule has 2 N–H and O–H groups in total. The third-order valence-electron chi connectivity index (χ3n) is 2.39. The van der Waals surface area contributed by atoms with Crippen molar-refractivity contribution in [2.75, 3.05) is 12.7 Å². The van der Waals surface area contributed by atoms with E-state index in [2.05, 4.69) is 0 Å². The first-order valence-electron chi connectivity index (χ1n) is 5.88. The molecule has 0 saturated carbocycles. The summed E-state index contributed by atoms with van der Waals surface area (Å²) in [5.41, 5.74) is 0.920. The maximum absolute atomic E-state index is 11.3. The summed E-state index contributed by atoms with van der Waals surface area (Å²) in [4.78, 5) is 34.2. The van der Waals surface area contributed by atoms with Crippen molar-refractivity contribution in [3.05, 3.63) is 35.9 Å². The third-order valence-corrected chi connectivity index (χ3v) is 3.29. The first-order valence-corrected chi connectivity index (χ1v) is 7.68. The van der Waals surface area contributed by atoms with Crippen LogP contribution in [-0.2, 0) is 20.8 Å². The standard InChI is InChI=1S/C12H18NO5P/c1-11(14)13(8-5-9-19(15,16)17)18-10-12-6-3-2-4-7-12/h2-4,6-7H,5,8-10H2,1H3,(H2,15,16,17). The third kappa shape index (κ3) is 7.08. The molecule has 0 aliphatic heterocycles. The van der Waals surface area contributed by atoms with Gasteiger partial charge < -0.3 is 9.79 Å². The van der Waals surface area contributed by atoms with E-state index in [1.807, 2.05) is 30.3 Å². The number of benzene rings is 1. The summed E-state index contributed by atoms with van der Waals surface area (Å²) < 4.78 is 10.7. The molecule has 0 atom stereocenters. The monoisotopic (exact) mass is 287 g/mol. The van der Waals surface area contributed by atoms with Crippen molar-refractivity contribution in [1.82, 2.24) is 5.06 Å². The summed E-state index contributed by atoms with van der Waals surface area (Å²) >= 11 is 0. The van der Waals surface area contributed by atoms with Gasteiger partial charge in [-0.15, -0.1) is 0 Å².